The Hall–Kier alpha value is -1.51. The number of hydrogen-bond donors (Lipinski definition) is 2. The standard InChI is InChI=1S/C21H42N4O4/c1-8-16(4)20(17(29-7)10-13-26)25(6)18(27)14-23-21(28)19(15(2)3)24(5)12-9-11-22/h13,15-17,19-20H,8-12,14,22H2,1-7H3,(H,23,28). The molecule has 0 aromatic heterocycles. The van der Waals surface area contributed by atoms with E-state index in [1.807, 2.05) is 39.6 Å². The van der Waals surface area contributed by atoms with E-state index in [0.29, 0.717) is 6.54 Å². The van der Waals surface area contributed by atoms with E-state index in [4.69, 9.17) is 10.5 Å². The van der Waals surface area contributed by atoms with Gasteiger partial charge in [-0.05, 0) is 38.4 Å². The molecule has 3 N–H and O–H groups in total. The summed E-state index contributed by atoms with van der Waals surface area (Å²) in [5, 5.41) is 2.79. The number of nitrogens with one attached hydrogen (secondary N) is 1. The average molecular weight is 415 g/mol. The molecule has 0 bridgehead atoms. The molecule has 2 amide bonds. The lowest BCUT2D eigenvalue weighted by Crippen LogP contribution is -2.54. The Morgan fingerprint density at radius 2 is 1.83 bits per heavy atom. The van der Waals surface area contributed by atoms with Gasteiger partial charge in [0.05, 0.1) is 24.7 Å². The molecule has 0 saturated carbocycles. The molecule has 4 atom stereocenters. The van der Waals surface area contributed by atoms with Crippen LogP contribution in [0.25, 0.3) is 0 Å². The molecule has 0 fully saturated rings. The Morgan fingerprint density at radius 1 is 1.21 bits per heavy atom. The van der Waals surface area contributed by atoms with E-state index in [0.717, 1.165) is 25.7 Å². The van der Waals surface area contributed by atoms with Crippen LogP contribution in [0.5, 0.6) is 0 Å². The fraction of sp³-hybridized carbons (Fsp3) is 0.857. The molecule has 0 rings (SSSR count). The largest absolute Gasteiger partial charge is 0.379 e. The Balaban J connectivity index is 5.12. The van der Waals surface area contributed by atoms with Crippen LogP contribution in [0.4, 0.5) is 0 Å². The van der Waals surface area contributed by atoms with Crippen LogP contribution in [0, 0.1) is 11.8 Å². The van der Waals surface area contributed by atoms with Crippen LogP contribution in [0.1, 0.15) is 47.0 Å². The molecule has 8 heteroatoms. The van der Waals surface area contributed by atoms with Gasteiger partial charge in [0.25, 0.3) is 0 Å². The van der Waals surface area contributed by atoms with Crippen molar-refractivity contribution < 1.29 is 19.1 Å². The van der Waals surface area contributed by atoms with Crippen LogP contribution in [0.15, 0.2) is 0 Å². The van der Waals surface area contributed by atoms with E-state index in [9.17, 15) is 14.4 Å². The lowest BCUT2D eigenvalue weighted by molar-refractivity contribution is -0.139. The van der Waals surface area contributed by atoms with Gasteiger partial charge in [-0.3, -0.25) is 14.5 Å². The number of hydrogen-bond acceptors (Lipinski definition) is 6. The summed E-state index contributed by atoms with van der Waals surface area (Å²) in [6, 6.07) is -0.570. The van der Waals surface area contributed by atoms with Gasteiger partial charge in [-0.25, -0.2) is 0 Å². The summed E-state index contributed by atoms with van der Waals surface area (Å²) in [5.74, 6) is -0.124. The van der Waals surface area contributed by atoms with Gasteiger partial charge < -0.3 is 25.5 Å². The van der Waals surface area contributed by atoms with Crippen molar-refractivity contribution in [2.24, 2.45) is 17.6 Å². The number of nitrogens with zero attached hydrogens (tertiary/aromatic N) is 2. The molecule has 0 radical (unpaired) electrons. The fourth-order valence-electron chi connectivity index (χ4n) is 3.76. The van der Waals surface area contributed by atoms with Crippen LogP contribution >= 0.6 is 0 Å². The lowest BCUT2D eigenvalue weighted by atomic mass is 9.91. The number of ether oxygens (including phenoxy) is 1. The van der Waals surface area contributed by atoms with Crippen molar-refractivity contribution >= 4 is 18.1 Å². The van der Waals surface area contributed by atoms with Crippen molar-refractivity contribution in [3.05, 3.63) is 0 Å². The summed E-state index contributed by atoms with van der Waals surface area (Å²) in [4.78, 5) is 40.2. The number of nitrogens with two attached hydrogens (primary N) is 1. The number of rotatable bonds is 15. The minimum absolute atomic E-state index is 0.0895. The summed E-state index contributed by atoms with van der Waals surface area (Å²) in [6.45, 7) is 9.24. The highest BCUT2D eigenvalue weighted by Crippen LogP contribution is 2.21. The number of methoxy groups -OCH3 is 1. The van der Waals surface area contributed by atoms with Crippen molar-refractivity contribution in [2.45, 2.75) is 65.1 Å². The van der Waals surface area contributed by atoms with Crippen molar-refractivity contribution in [1.29, 1.82) is 0 Å². The van der Waals surface area contributed by atoms with Gasteiger partial charge >= 0.3 is 0 Å². The maximum absolute atomic E-state index is 12.8. The monoisotopic (exact) mass is 414 g/mol. The molecule has 4 unspecified atom stereocenters. The molecule has 0 aromatic rings. The van der Waals surface area contributed by atoms with Gasteiger partial charge in [-0.15, -0.1) is 0 Å². The lowest BCUT2D eigenvalue weighted by Gasteiger charge is -2.37. The molecule has 170 valence electrons. The van der Waals surface area contributed by atoms with Gasteiger partial charge in [0.2, 0.25) is 11.8 Å². The van der Waals surface area contributed by atoms with Gasteiger partial charge in [0, 0.05) is 20.6 Å². The number of carbonyl (C=O) groups is 3. The zero-order chi connectivity index (χ0) is 22.6. The van der Waals surface area contributed by atoms with E-state index in [1.54, 1.807) is 19.1 Å². The third-order valence-electron chi connectivity index (χ3n) is 5.58. The van der Waals surface area contributed by atoms with Crippen LogP contribution < -0.4 is 11.1 Å². The van der Waals surface area contributed by atoms with E-state index >= 15 is 0 Å². The van der Waals surface area contributed by atoms with Crippen molar-refractivity contribution in [1.82, 2.24) is 15.1 Å². The van der Waals surface area contributed by atoms with Crippen LogP contribution in [-0.2, 0) is 19.1 Å². The van der Waals surface area contributed by atoms with Crippen LogP contribution in [0.2, 0.25) is 0 Å². The maximum atomic E-state index is 12.8. The molecule has 0 aliphatic heterocycles. The van der Waals surface area contributed by atoms with Gasteiger partial charge in [0.1, 0.15) is 6.29 Å². The van der Waals surface area contributed by atoms with Crippen molar-refractivity contribution in [3.8, 4) is 0 Å². The zero-order valence-electron chi connectivity index (χ0n) is 19.3. The Kier molecular flexibility index (Phi) is 13.7. The number of carbonyl (C=O) groups excluding carboxylic acids is 3. The molecule has 0 saturated heterocycles. The number of aldehydes is 1. The van der Waals surface area contributed by atoms with E-state index < -0.39 is 0 Å². The smallest absolute Gasteiger partial charge is 0.242 e. The Bertz CT molecular complexity index is 501. The minimum atomic E-state index is -0.377. The second-order valence-electron chi connectivity index (χ2n) is 8.09. The second kappa shape index (κ2) is 14.5. The molecule has 0 spiro atoms. The SMILES string of the molecule is CCC(C)C(C(CC=O)OC)N(C)C(=O)CNC(=O)C(C(C)C)N(C)CCCN. The van der Waals surface area contributed by atoms with Crippen LogP contribution in [-0.4, -0.2) is 86.9 Å². The normalized spacial score (nSPS) is 15.7. The van der Waals surface area contributed by atoms with Crippen molar-refractivity contribution in [3.63, 3.8) is 0 Å². The molecular formula is C21H42N4O4. The van der Waals surface area contributed by atoms with Gasteiger partial charge in [-0.2, -0.15) is 0 Å². The first-order chi connectivity index (χ1) is 13.7. The van der Waals surface area contributed by atoms with Crippen LogP contribution in [0.3, 0.4) is 0 Å². The molecular weight excluding hydrogens is 372 g/mol. The first kappa shape index (κ1) is 27.5. The van der Waals surface area contributed by atoms with E-state index in [1.165, 1.54) is 0 Å². The maximum Gasteiger partial charge on any atom is 0.242 e. The van der Waals surface area contributed by atoms with E-state index in [2.05, 4.69) is 5.32 Å². The quantitative estimate of drug-likeness (QED) is 0.386. The predicted molar refractivity (Wildman–Crippen MR) is 115 cm³/mol. The summed E-state index contributed by atoms with van der Waals surface area (Å²) in [5.41, 5.74) is 5.57. The second-order valence-corrected chi connectivity index (χ2v) is 8.09. The molecule has 0 aliphatic carbocycles. The third kappa shape index (κ3) is 8.80. The third-order valence-corrected chi connectivity index (χ3v) is 5.58. The highest BCUT2D eigenvalue weighted by molar-refractivity contribution is 5.87. The molecule has 0 heterocycles. The fourth-order valence-corrected chi connectivity index (χ4v) is 3.76. The summed E-state index contributed by atoms with van der Waals surface area (Å²) in [7, 11) is 5.15. The summed E-state index contributed by atoms with van der Waals surface area (Å²) < 4.78 is 5.48. The molecule has 8 nitrogen and oxygen atoms in total. The summed E-state index contributed by atoms with van der Waals surface area (Å²) >= 11 is 0. The van der Waals surface area contributed by atoms with Gasteiger partial charge in [0.15, 0.2) is 0 Å². The average Bonchev–Trinajstić information content (AvgIpc) is 2.69. The van der Waals surface area contributed by atoms with E-state index in [-0.39, 0.29) is 54.8 Å². The predicted octanol–water partition coefficient (Wildman–Crippen LogP) is 0.885. The highest BCUT2D eigenvalue weighted by atomic mass is 16.5. The molecule has 0 aromatic carbocycles. The van der Waals surface area contributed by atoms with Gasteiger partial charge in [-0.1, -0.05) is 34.1 Å². The zero-order valence-corrected chi connectivity index (χ0v) is 19.3. The highest BCUT2D eigenvalue weighted by Gasteiger charge is 2.33. The minimum Gasteiger partial charge on any atom is -0.379 e. The number of amides is 2. The first-order valence-corrected chi connectivity index (χ1v) is 10.6. The first-order valence-electron chi connectivity index (χ1n) is 10.6. The molecule has 0 aliphatic rings. The van der Waals surface area contributed by atoms with Crippen molar-refractivity contribution in [2.75, 3.05) is 40.8 Å². The summed E-state index contributed by atoms with van der Waals surface area (Å²) in [6.07, 6.45) is 2.30. The Morgan fingerprint density at radius 3 is 2.28 bits per heavy atom. The topological polar surface area (TPSA) is 105 Å². The number of likely N-dealkylation sites (N-methyl/N-ethyl adjacent to an activating group) is 2. The molecule has 29 heavy (non-hydrogen) atoms. The Labute approximate surface area is 176 Å².